The second-order valence-corrected chi connectivity index (χ2v) is 8.12. The van der Waals surface area contributed by atoms with Crippen LogP contribution in [0.25, 0.3) is 0 Å². The van der Waals surface area contributed by atoms with Crippen molar-refractivity contribution in [1.82, 2.24) is 14.5 Å². The van der Waals surface area contributed by atoms with E-state index in [0.29, 0.717) is 29.4 Å². The van der Waals surface area contributed by atoms with E-state index in [1.165, 1.54) is 0 Å². The number of nitrogens with one attached hydrogen (secondary N) is 1. The van der Waals surface area contributed by atoms with E-state index in [-0.39, 0.29) is 37.4 Å². The van der Waals surface area contributed by atoms with E-state index in [1.54, 1.807) is 16.2 Å². The number of halogens is 4. The summed E-state index contributed by atoms with van der Waals surface area (Å²) in [5.74, 6) is -6.64. The number of amides is 1. The minimum Gasteiger partial charge on any atom is -0.381 e. The van der Waals surface area contributed by atoms with Crippen molar-refractivity contribution in [1.29, 1.82) is 0 Å². The second kappa shape index (κ2) is 8.14. The molecule has 10 heteroatoms. The number of rotatable bonds is 4. The molecule has 3 heterocycles. The number of benzene rings is 1. The first-order chi connectivity index (χ1) is 14.3. The molecule has 2 aromatic rings. The summed E-state index contributed by atoms with van der Waals surface area (Å²) in [7, 11) is 1.72. The average Bonchev–Trinajstić information content (AvgIpc) is 3.22. The van der Waals surface area contributed by atoms with Crippen LogP contribution in [-0.2, 0) is 36.0 Å². The molecule has 0 aliphatic carbocycles. The van der Waals surface area contributed by atoms with Gasteiger partial charge in [0.05, 0.1) is 6.42 Å². The molecule has 2 aliphatic heterocycles. The standard InChI is InChI=1S/C20H21F4N3O2S/c1-26-14(8-16(28)25-11-2-4-29-5-3-11)15-6-10(9-27(15)20(26)30)17-18(23)12(21)7-13(22)19(17)24/h7,10-11H,2-6,8-9H2,1H3,(H,25,28). The zero-order valence-corrected chi connectivity index (χ0v) is 17.1. The van der Waals surface area contributed by atoms with Gasteiger partial charge in [-0.2, -0.15) is 0 Å². The molecule has 4 rings (SSSR count). The third-order valence-corrected chi connectivity index (χ3v) is 6.39. The van der Waals surface area contributed by atoms with Gasteiger partial charge >= 0.3 is 0 Å². The lowest BCUT2D eigenvalue weighted by atomic mass is 9.94. The maximum atomic E-state index is 14.3. The Morgan fingerprint density at radius 1 is 1.20 bits per heavy atom. The third-order valence-electron chi connectivity index (χ3n) is 5.89. The Kier molecular flexibility index (Phi) is 5.71. The highest BCUT2D eigenvalue weighted by Crippen LogP contribution is 2.36. The smallest absolute Gasteiger partial charge is 0.226 e. The number of nitrogens with zero attached hydrogens (tertiary/aromatic N) is 2. The van der Waals surface area contributed by atoms with Crippen molar-refractivity contribution in [3.05, 3.63) is 51.1 Å². The van der Waals surface area contributed by atoms with Crippen LogP contribution in [0.5, 0.6) is 0 Å². The van der Waals surface area contributed by atoms with Crippen LogP contribution in [0, 0.1) is 28.0 Å². The van der Waals surface area contributed by atoms with Gasteiger partial charge in [-0.05, 0) is 31.5 Å². The van der Waals surface area contributed by atoms with Gasteiger partial charge in [0, 0.05) is 61.8 Å². The Balaban J connectivity index is 1.59. The highest BCUT2D eigenvalue weighted by atomic mass is 32.1. The van der Waals surface area contributed by atoms with Crippen LogP contribution in [0.15, 0.2) is 6.07 Å². The van der Waals surface area contributed by atoms with E-state index in [9.17, 15) is 22.4 Å². The van der Waals surface area contributed by atoms with E-state index in [2.05, 4.69) is 5.32 Å². The van der Waals surface area contributed by atoms with Gasteiger partial charge in [0.2, 0.25) is 5.91 Å². The number of imidazole rings is 1. The van der Waals surface area contributed by atoms with Crippen molar-refractivity contribution in [3.63, 3.8) is 0 Å². The van der Waals surface area contributed by atoms with Gasteiger partial charge in [0.15, 0.2) is 28.0 Å². The fourth-order valence-corrected chi connectivity index (χ4v) is 4.63. The minimum atomic E-state index is -1.43. The Morgan fingerprint density at radius 3 is 2.47 bits per heavy atom. The molecule has 1 aromatic heterocycles. The Hall–Kier alpha value is -2.20. The number of carbonyl (C=O) groups is 1. The van der Waals surface area contributed by atoms with E-state index in [4.69, 9.17) is 17.0 Å². The second-order valence-electron chi connectivity index (χ2n) is 7.76. The van der Waals surface area contributed by atoms with Crippen LogP contribution in [0.2, 0.25) is 0 Å². The monoisotopic (exact) mass is 443 g/mol. The predicted octanol–water partition coefficient (Wildman–Crippen LogP) is 3.29. The van der Waals surface area contributed by atoms with Crippen LogP contribution in [-0.4, -0.2) is 34.3 Å². The van der Waals surface area contributed by atoms with E-state index < -0.39 is 34.8 Å². The van der Waals surface area contributed by atoms with E-state index >= 15 is 0 Å². The lowest BCUT2D eigenvalue weighted by molar-refractivity contribution is -0.121. The van der Waals surface area contributed by atoms with Gasteiger partial charge < -0.3 is 19.2 Å². The van der Waals surface area contributed by atoms with Crippen LogP contribution in [0.3, 0.4) is 0 Å². The first-order valence-corrected chi connectivity index (χ1v) is 10.2. The first-order valence-electron chi connectivity index (χ1n) is 9.75. The van der Waals surface area contributed by atoms with Crippen molar-refractivity contribution < 1.29 is 27.1 Å². The molecule has 1 N–H and O–H groups in total. The maximum Gasteiger partial charge on any atom is 0.226 e. The fraction of sp³-hybridized carbons (Fsp3) is 0.500. The molecule has 1 amide bonds. The molecule has 0 saturated carbocycles. The highest BCUT2D eigenvalue weighted by Gasteiger charge is 2.34. The third kappa shape index (κ3) is 3.66. The van der Waals surface area contributed by atoms with E-state index in [1.807, 2.05) is 0 Å². The van der Waals surface area contributed by atoms with Gasteiger partial charge in [-0.25, -0.2) is 17.6 Å². The number of hydrogen-bond acceptors (Lipinski definition) is 3. The number of ether oxygens (including phenoxy) is 1. The topological polar surface area (TPSA) is 48.2 Å². The summed E-state index contributed by atoms with van der Waals surface area (Å²) >= 11 is 5.42. The van der Waals surface area contributed by atoms with Crippen molar-refractivity contribution in [2.45, 2.75) is 44.2 Å². The Bertz CT molecular complexity index is 1030. The summed E-state index contributed by atoms with van der Waals surface area (Å²) in [6, 6.07) is 0.245. The Morgan fingerprint density at radius 2 is 1.83 bits per heavy atom. The summed E-state index contributed by atoms with van der Waals surface area (Å²) in [5, 5.41) is 2.98. The Labute approximate surface area is 175 Å². The molecule has 1 atom stereocenters. The van der Waals surface area contributed by atoms with Crippen molar-refractivity contribution in [3.8, 4) is 0 Å². The maximum absolute atomic E-state index is 14.3. The summed E-state index contributed by atoms with van der Waals surface area (Å²) in [6.07, 6.45) is 1.66. The van der Waals surface area contributed by atoms with Gasteiger partial charge in [0.25, 0.3) is 0 Å². The lowest BCUT2D eigenvalue weighted by Crippen LogP contribution is -2.40. The molecule has 0 radical (unpaired) electrons. The van der Waals surface area contributed by atoms with Crippen LogP contribution >= 0.6 is 12.2 Å². The molecular weight excluding hydrogens is 422 g/mol. The number of fused-ring (bicyclic) bond motifs is 1. The molecule has 1 unspecified atom stereocenters. The number of aromatic nitrogens is 2. The van der Waals surface area contributed by atoms with E-state index in [0.717, 1.165) is 12.8 Å². The molecule has 30 heavy (non-hydrogen) atoms. The van der Waals surface area contributed by atoms with Crippen molar-refractivity contribution >= 4 is 18.1 Å². The van der Waals surface area contributed by atoms with Crippen molar-refractivity contribution in [2.75, 3.05) is 13.2 Å². The van der Waals surface area contributed by atoms with Gasteiger partial charge in [0.1, 0.15) is 0 Å². The number of hydrogen-bond donors (Lipinski definition) is 1. The van der Waals surface area contributed by atoms with Crippen LogP contribution in [0.4, 0.5) is 17.6 Å². The summed E-state index contributed by atoms with van der Waals surface area (Å²) in [5.41, 5.74) is 0.661. The van der Waals surface area contributed by atoms with Gasteiger partial charge in [-0.3, -0.25) is 4.79 Å². The molecule has 162 valence electrons. The quantitative estimate of drug-likeness (QED) is 0.448. The predicted molar refractivity (Wildman–Crippen MR) is 103 cm³/mol. The van der Waals surface area contributed by atoms with Gasteiger partial charge in [-0.1, -0.05) is 0 Å². The van der Waals surface area contributed by atoms with Crippen LogP contribution < -0.4 is 5.32 Å². The fourth-order valence-electron chi connectivity index (χ4n) is 4.33. The largest absolute Gasteiger partial charge is 0.381 e. The zero-order valence-electron chi connectivity index (χ0n) is 16.3. The average molecular weight is 443 g/mol. The molecular formula is C20H21F4N3O2S. The normalized spacial score (nSPS) is 19.2. The number of carbonyl (C=O) groups excluding carboxylic acids is 1. The summed E-state index contributed by atoms with van der Waals surface area (Å²) in [6.45, 7) is 1.28. The molecule has 1 fully saturated rings. The highest BCUT2D eigenvalue weighted by molar-refractivity contribution is 7.71. The molecule has 2 aliphatic rings. The summed E-state index contributed by atoms with van der Waals surface area (Å²) < 4.78 is 64.9. The van der Waals surface area contributed by atoms with Crippen molar-refractivity contribution in [2.24, 2.45) is 7.05 Å². The molecule has 0 bridgehead atoms. The molecule has 0 spiro atoms. The molecule has 1 aromatic carbocycles. The zero-order chi connectivity index (χ0) is 21.6. The summed E-state index contributed by atoms with van der Waals surface area (Å²) in [4.78, 5) is 12.6. The lowest BCUT2D eigenvalue weighted by Gasteiger charge is -2.23. The first kappa shape index (κ1) is 21.0. The van der Waals surface area contributed by atoms with Crippen LogP contribution in [0.1, 0.15) is 35.7 Å². The molecule has 5 nitrogen and oxygen atoms in total. The van der Waals surface area contributed by atoms with Gasteiger partial charge in [-0.15, -0.1) is 0 Å². The minimum absolute atomic E-state index is 0.0430. The molecule has 1 saturated heterocycles. The SMILES string of the molecule is Cn1c(CC(=O)NC2CCOCC2)c2n(c1=S)CC(c1c(F)c(F)cc(F)c1F)C2.